The van der Waals surface area contributed by atoms with Crippen LogP contribution in [-0.4, -0.2) is 34.6 Å². The Kier molecular flexibility index (Phi) is 5.63. The maximum absolute atomic E-state index is 12.7. The first-order valence-electron chi connectivity index (χ1n) is 8.36. The Hall–Kier alpha value is -2.74. The van der Waals surface area contributed by atoms with E-state index in [9.17, 15) is 4.79 Å². The van der Waals surface area contributed by atoms with Crippen molar-refractivity contribution in [1.82, 2.24) is 4.98 Å². The molecule has 26 heavy (non-hydrogen) atoms. The quantitative estimate of drug-likeness (QED) is 0.504. The number of nitrogens with zero attached hydrogens (tertiary/aromatic N) is 1. The third kappa shape index (κ3) is 4.26. The van der Waals surface area contributed by atoms with Gasteiger partial charge in [-0.3, -0.25) is 9.78 Å². The number of aromatic nitrogens is 1. The molecule has 0 fully saturated rings. The topological polar surface area (TPSA) is 108 Å². The van der Waals surface area contributed by atoms with Gasteiger partial charge in [0.15, 0.2) is 0 Å². The highest BCUT2D eigenvalue weighted by Crippen LogP contribution is 2.21. The highest BCUT2D eigenvalue weighted by atomic mass is 16.4. The average Bonchev–Trinajstić information content (AvgIpc) is 2.63. The fourth-order valence-electron chi connectivity index (χ4n) is 2.88. The number of carbonyl (C=O) groups is 1. The van der Waals surface area contributed by atoms with Gasteiger partial charge in [0.2, 0.25) is 5.91 Å². The summed E-state index contributed by atoms with van der Waals surface area (Å²) in [4.78, 5) is 16.7. The zero-order valence-electron chi connectivity index (χ0n) is 14.2. The zero-order valence-corrected chi connectivity index (χ0v) is 14.2. The second-order valence-electron chi connectivity index (χ2n) is 6.14. The van der Waals surface area contributed by atoms with Crippen LogP contribution >= 0.6 is 0 Å². The molecule has 5 N–H and O–H groups in total. The number of carbonyl (C=O) groups excluding carboxylic acids is 1. The molecule has 1 amide bonds. The van der Waals surface area contributed by atoms with Crippen molar-refractivity contribution in [3.05, 3.63) is 72.1 Å². The second kappa shape index (κ2) is 8.10. The maximum Gasteiger partial charge on any atom is 0.456 e. The molecule has 1 aromatic heterocycles. The van der Waals surface area contributed by atoms with Crippen LogP contribution in [0.1, 0.15) is 17.0 Å². The molecule has 0 radical (unpaired) electrons. The summed E-state index contributed by atoms with van der Waals surface area (Å²) in [5, 5.41) is 23.0. The van der Waals surface area contributed by atoms with Crippen molar-refractivity contribution < 1.29 is 14.8 Å². The largest absolute Gasteiger partial charge is 0.456 e. The number of nitrogens with two attached hydrogens (primary N) is 1. The van der Waals surface area contributed by atoms with Crippen LogP contribution < -0.4 is 11.1 Å². The number of anilines is 1. The Balaban J connectivity index is 1.75. The van der Waals surface area contributed by atoms with Gasteiger partial charge in [0.05, 0.1) is 5.92 Å². The van der Waals surface area contributed by atoms with Gasteiger partial charge in [0.25, 0.3) is 0 Å². The molecule has 3 rings (SSSR count). The monoisotopic (exact) mass is 349 g/mol. The van der Waals surface area contributed by atoms with Gasteiger partial charge >= 0.3 is 7.12 Å². The molecule has 1 atom stereocenters. The number of hydrogen-bond donors (Lipinski definition) is 4. The minimum absolute atomic E-state index is 0.145. The molecule has 0 saturated heterocycles. The standard InChI is InChI=1S/C19H20BN3O3/c21-11-18(14-3-1-13(2-4-14)10-20(25)26)19(24)23-17-6-5-16-12-22-8-7-15(16)9-17/h1-9,12,18,25-26H,10-11,21H2,(H,23,24). The Morgan fingerprint density at radius 3 is 2.58 bits per heavy atom. The predicted molar refractivity (Wildman–Crippen MR) is 103 cm³/mol. The maximum atomic E-state index is 12.7. The predicted octanol–water partition coefficient (Wildman–Crippen LogP) is 1.47. The van der Waals surface area contributed by atoms with E-state index in [1.807, 2.05) is 24.3 Å². The van der Waals surface area contributed by atoms with E-state index >= 15 is 0 Å². The lowest BCUT2D eigenvalue weighted by Crippen LogP contribution is -2.27. The van der Waals surface area contributed by atoms with Crippen molar-refractivity contribution in [2.75, 3.05) is 11.9 Å². The van der Waals surface area contributed by atoms with E-state index < -0.39 is 13.0 Å². The van der Waals surface area contributed by atoms with Crippen molar-refractivity contribution in [1.29, 1.82) is 0 Å². The third-order valence-corrected chi connectivity index (χ3v) is 4.26. The molecule has 0 aliphatic heterocycles. The van der Waals surface area contributed by atoms with Crippen LogP contribution in [0.5, 0.6) is 0 Å². The van der Waals surface area contributed by atoms with Gasteiger partial charge in [-0.1, -0.05) is 35.9 Å². The number of fused-ring (bicyclic) bond motifs is 1. The lowest BCUT2D eigenvalue weighted by Gasteiger charge is -2.16. The molecule has 6 nitrogen and oxygen atoms in total. The van der Waals surface area contributed by atoms with Crippen LogP contribution in [0, 0.1) is 0 Å². The SMILES string of the molecule is NCC(C(=O)Nc1ccc2cnccc2c1)c1ccc(CB(O)O)cc1. The molecule has 0 spiro atoms. The smallest absolute Gasteiger partial charge is 0.427 e. The zero-order chi connectivity index (χ0) is 18.5. The summed E-state index contributed by atoms with van der Waals surface area (Å²) in [5.41, 5.74) is 8.08. The molecule has 132 valence electrons. The van der Waals surface area contributed by atoms with Gasteiger partial charge in [-0.25, -0.2) is 0 Å². The Bertz CT molecular complexity index is 900. The Morgan fingerprint density at radius 2 is 1.88 bits per heavy atom. The number of rotatable bonds is 6. The average molecular weight is 349 g/mol. The minimum Gasteiger partial charge on any atom is -0.427 e. The lowest BCUT2D eigenvalue weighted by molar-refractivity contribution is -0.117. The molecule has 3 aromatic rings. The number of pyridine rings is 1. The first kappa shape index (κ1) is 18.1. The molecule has 0 saturated carbocycles. The summed E-state index contributed by atoms with van der Waals surface area (Å²) in [6.07, 6.45) is 3.63. The van der Waals surface area contributed by atoms with Crippen molar-refractivity contribution >= 4 is 29.5 Å². The van der Waals surface area contributed by atoms with Gasteiger partial charge in [0.1, 0.15) is 0 Å². The van der Waals surface area contributed by atoms with Crippen LogP contribution in [0.2, 0.25) is 0 Å². The normalized spacial score (nSPS) is 12.0. The molecular formula is C19H20BN3O3. The molecule has 0 bridgehead atoms. The minimum atomic E-state index is -1.39. The number of benzene rings is 2. The van der Waals surface area contributed by atoms with Gasteiger partial charge in [-0.15, -0.1) is 0 Å². The number of amides is 1. The molecule has 1 unspecified atom stereocenters. The van der Waals surface area contributed by atoms with Crippen LogP contribution in [-0.2, 0) is 11.1 Å². The summed E-state index contributed by atoms with van der Waals surface area (Å²) in [6, 6.07) is 14.7. The van der Waals surface area contributed by atoms with Crippen LogP contribution in [0.4, 0.5) is 5.69 Å². The summed E-state index contributed by atoms with van der Waals surface area (Å²) >= 11 is 0. The molecule has 1 heterocycles. The van der Waals surface area contributed by atoms with Gasteiger partial charge in [-0.05, 0) is 29.1 Å². The Labute approximate surface area is 151 Å². The second-order valence-corrected chi connectivity index (χ2v) is 6.14. The summed E-state index contributed by atoms with van der Waals surface area (Å²) in [6.45, 7) is 0.172. The molecular weight excluding hydrogens is 329 g/mol. The highest BCUT2D eigenvalue weighted by Gasteiger charge is 2.19. The van der Waals surface area contributed by atoms with Crippen molar-refractivity contribution in [3.8, 4) is 0 Å². The van der Waals surface area contributed by atoms with E-state index in [1.165, 1.54) is 0 Å². The Morgan fingerprint density at radius 1 is 1.12 bits per heavy atom. The van der Waals surface area contributed by atoms with E-state index in [1.54, 1.807) is 36.7 Å². The van der Waals surface area contributed by atoms with Crippen LogP contribution in [0.15, 0.2) is 60.9 Å². The number of nitrogens with one attached hydrogen (secondary N) is 1. The van der Waals surface area contributed by atoms with Crippen LogP contribution in [0.3, 0.4) is 0 Å². The van der Waals surface area contributed by atoms with Gasteiger partial charge in [-0.2, -0.15) is 0 Å². The first-order valence-corrected chi connectivity index (χ1v) is 8.36. The van der Waals surface area contributed by atoms with E-state index in [4.69, 9.17) is 15.8 Å². The molecule has 2 aromatic carbocycles. The van der Waals surface area contributed by atoms with E-state index in [0.717, 1.165) is 21.9 Å². The third-order valence-electron chi connectivity index (χ3n) is 4.26. The van der Waals surface area contributed by atoms with Crippen molar-refractivity contribution in [2.24, 2.45) is 5.73 Å². The van der Waals surface area contributed by atoms with E-state index in [-0.39, 0.29) is 18.8 Å². The lowest BCUT2D eigenvalue weighted by atomic mass is 9.81. The highest BCUT2D eigenvalue weighted by molar-refractivity contribution is 6.40. The molecule has 0 aliphatic rings. The fourth-order valence-corrected chi connectivity index (χ4v) is 2.88. The number of hydrogen-bond acceptors (Lipinski definition) is 5. The fraction of sp³-hybridized carbons (Fsp3) is 0.158. The molecule has 7 heteroatoms. The van der Waals surface area contributed by atoms with Gasteiger partial charge in [0, 0.05) is 36.3 Å². The summed E-state index contributed by atoms with van der Waals surface area (Å²) in [7, 11) is -1.39. The van der Waals surface area contributed by atoms with Gasteiger partial charge < -0.3 is 21.1 Å². The molecule has 0 aliphatic carbocycles. The van der Waals surface area contributed by atoms with Crippen molar-refractivity contribution in [2.45, 2.75) is 12.2 Å². The first-order chi connectivity index (χ1) is 12.6. The van der Waals surface area contributed by atoms with E-state index in [0.29, 0.717) is 5.69 Å². The summed E-state index contributed by atoms with van der Waals surface area (Å²) in [5.74, 6) is -0.674. The summed E-state index contributed by atoms with van der Waals surface area (Å²) < 4.78 is 0. The van der Waals surface area contributed by atoms with Crippen molar-refractivity contribution in [3.63, 3.8) is 0 Å². The van der Waals surface area contributed by atoms with E-state index in [2.05, 4.69) is 10.3 Å². The van der Waals surface area contributed by atoms with Crippen LogP contribution in [0.25, 0.3) is 10.8 Å².